The van der Waals surface area contributed by atoms with Crippen LogP contribution in [-0.2, 0) is 19.4 Å². The van der Waals surface area contributed by atoms with Crippen molar-refractivity contribution in [1.29, 1.82) is 0 Å². The summed E-state index contributed by atoms with van der Waals surface area (Å²) in [6, 6.07) is 6.61. The maximum atomic E-state index is 13.4. The molecule has 2 rings (SSSR count). The lowest BCUT2D eigenvalue weighted by Gasteiger charge is -2.08. The molecule has 0 saturated carbocycles. The molecule has 0 aliphatic heterocycles. The van der Waals surface area contributed by atoms with Crippen molar-refractivity contribution >= 4 is 0 Å². The summed E-state index contributed by atoms with van der Waals surface area (Å²) in [5, 5.41) is 8.04. The summed E-state index contributed by atoms with van der Waals surface area (Å²) in [4.78, 5) is 0. The van der Waals surface area contributed by atoms with Crippen LogP contribution in [0.1, 0.15) is 37.7 Å². The Bertz CT molecular complexity index is 575. The third-order valence-corrected chi connectivity index (χ3v) is 3.45. The first-order valence-corrected chi connectivity index (χ1v) is 7.27. The van der Waals surface area contributed by atoms with Crippen LogP contribution < -0.4 is 5.32 Å². The molecule has 0 amide bonds. The van der Waals surface area contributed by atoms with Crippen molar-refractivity contribution in [3.8, 4) is 5.69 Å². The van der Waals surface area contributed by atoms with E-state index in [2.05, 4.69) is 31.2 Å². The molecular formula is C16H22FN3. The van der Waals surface area contributed by atoms with Crippen LogP contribution in [0.25, 0.3) is 5.69 Å². The first-order chi connectivity index (χ1) is 9.71. The Morgan fingerprint density at radius 2 is 2.00 bits per heavy atom. The average molecular weight is 275 g/mol. The zero-order chi connectivity index (χ0) is 14.5. The highest BCUT2D eigenvalue weighted by Crippen LogP contribution is 2.21. The zero-order valence-corrected chi connectivity index (χ0v) is 12.4. The van der Waals surface area contributed by atoms with Gasteiger partial charge in [0.05, 0.1) is 11.4 Å². The predicted molar refractivity (Wildman–Crippen MR) is 79.7 cm³/mol. The summed E-state index contributed by atoms with van der Waals surface area (Å²) in [5.74, 6) is -0.230. The van der Waals surface area contributed by atoms with Gasteiger partial charge in [0, 0.05) is 17.8 Å². The molecule has 0 aliphatic carbocycles. The monoisotopic (exact) mass is 275 g/mol. The number of rotatable bonds is 6. The lowest BCUT2D eigenvalue weighted by atomic mass is 10.1. The lowest BCUT2D eigenvalue weighted by Crippen LogP contribution is -2.14. The van der Waals surface area contributed by atoms with E-state index in [0.717, 1.165) is 43.0 Å². The minimum Gasteiger partial charge on any atom is -0.313 e. The van der Waals surface area contributed by atoms with Crippen molar-refractivity contribution in [1.82, 2.24) is 15.1 Å². The topological polar surface area (TPSA) is 29.9 Å². The molecule has 108 valence electrons. The summed E-state index contributed by atoms with van der Waals surface area (Å²) in [7, 11) is 0. The molecule has 0 radical (unpaired) electrons. The van der Waals surface area contributed by atoms with Crippen LogP contribution in [-0.4, -0.2) is 16.3 Å². The number of aromatic nitrogens is 2. The summed E-state index contributed by atoms with van der Waals surface area (Å²) in [6.45, 7) is 8.05. The predicted octanol–water partition coefficient (Wildman–Crippen LogP) is 3.25. The van der Waals surface area contributed by atoms with E-state index in [0.29, 0.717) is 0 Å². The highest BCUT2D eigenvalue weighted by molar-refractivity contribution is 5.38. The van der Waals surface area contributed by atoms with Crippen molar-refractivity contribution in [2.75, 3.05) is 6.54 Å². The van der Waals surface area contributed by atoms with E-state index in [9.17, 15) is 4.39 Å². The van der Waals surface area contributed by atoms with Crippen molar-refractivity contribution in [3.63, 3.8) is 0 Å². The number of hydrogen-bond acceptors (Lipinski definition) is 2. The van der Waals surface area contributed by atoms with Crippen molar-refractivity contribution in [2.45, 2.75) is 40.2 Å². The van der Waals surface area contributed by atoms with Crippen molar-refractivity contribution in [3.05, 3.63) is 47.0 Å². The largest absolute Gasteiger partial charge is 0.313 e. The standard InChI is InChI=1S/C16H22FN3/c1-4-15-14(11-18-6-3)16(5-2)20(19-15)13-9-7-8-12(17)10-13/h7-10,18H,4-6,11H2,1-3H3. The number of benzene rings is 1. The van der Waals surface area contributed by atoms with E-state index in [4.69, 9.17) is 0 Å². The highest BCUT2D eigenvalue weighted by atomic mass is 19.1. The lowest BCUT2D eigenvalue weighted by molar-refractivity contribution is 0.624. The number of aryl methyl sites for hydroxylation is 1. The zero-order valence-electron chi connectivity index (χ0n) is 12.4. The molecule has 1 heterocycles. The van der Waals surface area contributed by atoms with Crippen LogP contribution >= 0.6 is 0 Å². The van der Waals surface area contributed by atoms with Crippen LogP contribution in [0.4, 0.5) is 4.39 Å². The Balaban J connectivity index is 2.50. The summed E-state index contributed by atoms with van der Waals surface area (Å²) in [6.07, 6.45) is 1.76. The second-order valence-electron chi connectivity index (χ2n) is 4.75. The Labute approximate surface area is 119 Å². The summed E-state index contributed by atoms with van der Waals surface area (Å²) >= 11 is 0. The molecule has 3 nitrogen and oxygen atoms in total. The van der Waals surface area contributed by atoms with Gasteiger partial charge in [0.25, 0.3) is 0 Å². The van der Waals surface area contributed by atoms with Gasteiger partial charge in [0.15, 0.2) is 0 Å². The second kappa shape index (κ2) is 6.66. The Morgan fingerprint density at radius 3 is 2.60 bits per heavy atom. The van der Waals surface area contributed by atoms with Gasteiger partial charge in [0.1, 0.15) is 5.82 Å². The van der Waals surface area contributed by atoms with Gasteiger partial charge < -0.3 is 5.32 Å². The van der Waals surface area contributed by atoms with Gasteiger partial charge in [-0.05, 0) is 37.6 Å². The van der Waals surface area contributed by atoms with E-state index in [1.807, 2.05) is 10.7 Å². The number of nitrogens with zero attached hydrogens (tertiary/aromatic N) is 2. The third kappa shape index (κ3) is 2.90. The first-order valence-electron chi connectivity index (χ1n) is 7.27. The molecule has 0 fully saturated rings. The molecule has 1 N–H and O–H groups in total. The molecule has 0 saturated heterocycles. The summed E-state index contributed by atoms with van der Waals surface area (Å²) < 4.78 is 15.3. The molecule has 0 aliphatic rings. The highest BCUT2D eigenvalue weighted by Gasteiger charge is 2.16. The summed E-state index contributed by atoms with van der Waals surface area (Å²) in [5.41, 5.74) is 4.29. The molecule has 20 heavy (non-hydrogen) atoms. The van der Waals surface area contributed by atoms with Gasteiger partial charge in [-0.3, -0.25) is 0 Å². The fourth-order valence-corrected chi connectivity index (χ4v) is 2.46. The Morgan fingerprint density at radius 1 is 1.20 bits per heavy atom. The van der Waals surface area contributed by atoms with Gasteiger partial charge in [-0.15, -0.1) is 0 Å². The van der Waals surface area contributed by atoms with Gasteiger partial charge in [0.2, 0.25) is 0 Å². The molecule has 4 heteroatoms. The molecule has 0 spiro atoms. The van der Waals surface area contributed by atoms with Gasteiger partial charge in [-0.25, -0.2) is 9.07 Å². The molecule has 1 aromatic carbocycles. The van der Waals surface area contributed by atoms with E-state index < -0.39 is 0 Å². The number of nitrogens with one attached hydrogen (secondary N) is 1. The Hall–Kier alpha value is -1.68. The average Bonchev–Trinajstić information content (AvgIpc) is 2.82. The maximum Gasteiger partial charge on any atom is 0.125 e. The number of halogens is 1. The Kier molecular flexibility index (Phi) is 4.90. The SMILES string of the molecule is CCNCc1c(CC)nn(-c2cccc(F)c2)c1CC. The van der Waals surface area contributed by atoms with Crippen LogP contribution in [0, 0.1) is 5.82 Å². The van der Waals surface area contributed by atoms with E-state index >= 15 is 0 Å². The quantitative estimate of drug-likeness (QED) is 0.877. The second-order valence-corrected chi connectivity index (χ2v) is 4.75. The molecule has 1 aromatic heterocycles. The van der Waals surface area contributed by atoms with Crippen molar-refractivity contribution in [2.24, 2.45) is 0 Å². The van der Waals surface area contributed by atoms with E-state index in [1.165, 1.54) is 17.7 Å². The van der Waals surface area contributed by atoms with E-state index in [-0.39, 0.29) is 5.82 Å². The van der Waals surface area contributed by atoms with Gasteiger partial charge in [-0.2, -0.15) is 5.10 Å². The van der Waals surface area contributed by atoms with Gasteiger partial charge >= 0.3 is 0 Å². The van der Waals surface area contributed by atoms with Gasteiger partial charge in [-0.1, -0.05) is 26.8 Å². The molecule has 2 aromatic rings. The minimum atomic E-state index is -0.230. The molecular weight excluding hydrogens is 253 g/mol. The van der Waals surface area contributed by atoms with Crippen LogP contribution in [0.5, 0.6) is 0 Å². The minimum absolute atomic E-state index is 0.230. The fraction of sp³-hybridized carbons (Fsp3) is 0.438. The van der Waals surface area contributed by atoms with E-state index in [1.54, 1.807) is 6.07 Å². The first kappa shape index (κ1) is 14.7. The number of hydrogen-bond donors (Lipinski definition) is 1. The molecule has 0 atom stereocenters. The van der Waals surface area contributed by atoms with Crippen molar-refractivity contribution < 1.29 is 4.39 Å². The third-order valence-electron chi connectivity index (χ3n) is 3.45. The maximum absolute atomic E-state index is 13.4. The molecule has 0 bridgehead atoms. The van der Waals surface area contributed by atoms with Crippen LogP contribution in [0.2, 0.25) is 0 Å². The normalized spacial score (nSPS) is 11.0. The van der Waals surface area contributed by atoms with Crippen LogP contribution in [0.15, 0.2) is 24.3 Å². The smallest absolute Gasteiger partial charge is 0.125 e. The molecule has 0 unspecified atom stereocenters. The van der Waals surface area contributed by atoms with Crippen LogP contribution in [0.3, 0.4) is 0 Å². The fourth-order valence-electron chi connectivity index (χ4n) is 2.46.